The Morgan fingerprint density at radius 2 is 2.21 bits per heavy atom. The summed E-state index contributed by atoms with van der Waals surface area (Å²) >= 11 is 0. The number of aliphatic hydroxyl groups is 1. The van der Waals surface area contributed by atoms with Gasteiger partial charge >= 0.3 is 0 Å². The van der Waals surface area contributed by atoms with E-state index in [1.165, 1.54) is 0 Å². The Kier molecular flexibility index (Phi) is 4.58. The zero-order chi connectivity index (χ0) is 13.9. The molecule has 2 rings (SSSR count). The van der Waals surface area contributed by atoms with Crippen LogP contribution in [-0.4, -0.2) is 41.2 Å². The summed E-state index contributed by atoms with van der Waals surface area (Å²) in [5.41, 5.74) is 1.23. The average Bonchev–Trinajstić information content (AvgIpc) is 2.65. The molecule has 1 fully saturated rings. The van der Waals surface area contributed by atoms with Gasteiger partial charge in [-0.1, -0.05) is 19.9 Å². The number of pyridine rings is 1. The van der Waals surface area contributed by atoms with Crippen molar-refractivity contribution in [1.82, 2.24) is 9.88 Å². The van der Waals surface area contributed by atoms with E-state index in [0.29, 0.717) is 5.92 Å². The van der Waals surface area contributed by atoms with Crippen LogP contribution in [0, 0.1) is 11.3 Å². The van der Waals surface area contributed by atoms with Gasteiger partial charge in [0.1, 0.15) is 0 Å². The molecular formula is C16H26N2O. The highest BCUT2D eigenvalue weighted by Crippen LogP contribution is 2.41. The second-order valence-electron chi connectivity index (χ2n) is 6.57. The van der Waals surface area contributed by atoms with Crippen LogP contribution in [0.15, 0.2) is 24.4 Å². The van der Waals surface area contributed by atoms with Crippen LogP contribution in [0.5, 0.6) is 0 Å². The first-order valence-electron chi connectivity index (χ1n) is 7.25. The molecule has 19 heavy (non-hydrogen) atoms. The van der Waals surface area contributed by atoms with Crippen molar-refractivity contribution < 1.29 is 5.11 Å². The van der Waals surface area contributed by atoms with E-state index in [0.717, 1.165) is 38.0 Å². The summed E-state index contributed by atoms with van der Waals surface area (Å²) in [6, 6.07) is 6.05. The zero-order valence-corrected chi connectivity index (χ0v) is 12.3. The van der Waals surface area contributed by atoms with Gasteiger partial charge in [-0.15, -0.1) is 0 Å². The van der Waals surface area contributed by atoms with Crippen LogP contribution in [0.1, 0.15) is 32.4 Å². The van der Waals surface area contributed by atoms with Crippen LogP contribution in [0.25, 0.3) is 0 Å². The van der Waals surface area contributed by atoms with Crippen molar-refractivity contribution >= 4 is 0 Å². The fourth-order valence-electron chi connectivity index (χ4n) is 3.04. The summed E-state index contributed by atoms with van der Waals surface area (Å²) in [5, 5.41) is 10.3. The van der Waals surface area contributed by atoms with E-state index in [9.17, 15) is 5.11 Å². The molecule has 0 bridgehead atoms. The first kappa shape index (κ1) is 14.5. The van der Waals surface area contributed by atoms with E-state index in [1.807, 2.05) is 18.3 Å². The molecule has 3 heteroatoms. The maximum atomic E-state index is 10.3. The lowest BCUT2D eigenvalue weighted by Crippen LogP contribution is -2.35. The molecule has 2 unspecified atom stereocenters. The molecule has 1 aromatic heterocycles. The van der Waals surface area contributed by atoms with Crippen LogP contribution in [-0.2, 0) is 6.42 Å². The van der Waals surface area contributed by atoms with Crippen LogP contribution in [0.3, 0.4) is 0 Å². The van der Waals surface area contributed by atoms with Crippen LogP contribution >= 0.6 is 0 Å². The summed E-state index contributed by atoms with van der Waals surface area (Å²) in [4.78, 5) is 6.67. The molecule has 0 spiro atoms. The van der Waals surface area contributed by atoms with E-state index in [1.54, 1.807) is 0 Å². The van der Waals surface area contributed by atoms with Gasteiger partial charge in [-0.2, -0.15) is 0 Å². The smallest absolute Gasteiger partial charge is 0.0631 e. The molecule has 1 saturated carbocycles. The first-order valence-corrected chi connectivity index (χ1v) is 7.25. The normalized spacial score (nSPS) is 25.9. The Morgan fingerprint density at radius 1 is 1.42 bits per heavy atom. The SMILES string of the molecule is CN(CCc1ccccn1)CC1CCC(C)(C)C1O. The highest BCUT2D eigenvalue weighted by atomic mass is 16.3. The van der Waals surface area contributed by atoms with E-state index in [4.69, 9.17) is 0 Å². The fraction of sp³-hybridized carbons (Fsp3) is 0.688. The lowest BCUT2D eigenvalue weighted by Gasteiger charge is -2.28. The topological polar surface area (TPSA) is 36.4 Å². The molecule has 0 saturated heterocycles. The summed E-state index contributed by atoms with van der Waals surface area (Å²) in [6.45, 7) is 6.33. The van der Waals surface area contributed by atoms with Crippen LogP contribution < -0.4 is 0 Å². The number of nitrogens with zero attached hydrogens (tertiary/aromatic N) is 2. The Morgan fingerprint density at radius 3 is 2.79 bits per heavy atom. The van der Waals surface area contributed by atoms with Gasteiger partial charge < -0.3 is 10.0 Å². The molecule has 3 nitrogen and oxygen atoms in total. The van der Waals surface area contributed by atoms with Gasteiger partial charge in [0.2, 0.25) is 0 Å². The zero-order valence-electron chi connectivity index (χ0n) is 12.3. The Bertz CT molecular complexity index is 391. The van der Waals surface area contributed by atoms with Crippen molar-refractivity contribution in [2.24, 2.45) is 11.3 Å². The van der Waals surface area contributed by atoms with Crippen molar-refractivity contribution in [2.75, 3.05) is 20.1 Å². The molecule has 1 heterocycles. The number of hydrogen-bond acceptors (Lipinski definition) is 3. The monoisotopic (exact) mass is 262 g/mol. The molecule has 1 aromatic rings. The first-order chi connectivity index (χ1) is 8.99. The van der Waals surface area contributed by atoms with Gasteiger partial charge in [0.15, 0.2) is 0 Å². The lowest BCUT2D eigenvalue weighted by molar-refractivity contribution is 0.0357. The number of aromatic nitrogens is 1. The highest BCUT2D eigenvalue weighted by molar-refractivity contribution is 5.03. The molecule has 1 aliphatic rings. The number of aliphatic hydroxyl groups excluding tert-OH is 1. The van der Waals surface area contributed by atoms with Gasteiger partial charge in [0, 0.05) is 31.4 Å². The van der Waals surface area contributed by atoms with Gasteiger partial charge in [-0.05, 0) is 43.4 Å². The fourth-order valence-corrected chi connectivity index (χ4v) is 3.04. The highest BCUT2D eigenvalue weighted by Gasteiger charge is 2.40. The van der Waals surface area contributed by atoms with Crippen LogP contribution in [0.2, 0.25) is 0 Å². The molecule has 1 aliphatic carbocycles. The van der Waals surface area contributed by atoms with Crippen molar-refractivity contribution in [3.05, 3.63) is 30.1 Å². The van der Waals surface area contributed by atoms with E-state index >= 15 is 0 Å². The lowest BCUT2D eigenvalue weighted by atomic mass is 9.87. The Balaban J connectivity index is 1.78. The Hall–Kier alpha value is -0.930. The largest absolute Gasteiger partial charge is 0.392 e. The van der Waals surface area contributed by atoms with Crippen molar-refractivity contribution in [1.29, 1.82) is 0 Å². The molecule has 0 aromatic carbocycles. The minimum atomic E-state index is -0.162. The molecule has 0 aliphatic heterocycles. The second-order valence-corrected chi connectivity index (χ2v) is 6.57. The molecule has 0 radical (unpaired) electrons. The predicted octanol–water partition coefficient (Wildman–Crippen LogP) is 2.35. The molecule has 2 atom stereocenters. The average molecular weight is 262 g/mol. The van der Waals surface area contributed by atoms with Crippen molar-refractivity contribution in [3.63, 3.8) is 0 Å². The molecular weight excluding hydrogens is 236 g/mol. The standard InChI is InChI=1S/C16H26N2O/c1-16(2)9-7-13(15(16)19)12-18(3)11-8-14-6-4-5-10-17-14/h4-6,10,13,15,19H,7-9,11-12H2,1-3H3. The van der Waals surface area contributed by atoms with E-state index in [2.05, 4.69) is 36.8 Å². The quantitative estimate of drug-likeness (QED) is 0.885. The minimum absolute atomic E-state index is 0.0898. The number of hydrogen-bond donors (Lipinski definition) is 1. The maximum Gasteiger partial charge on any atom is 0.0631 e. The van der Waals surface area contributed by atoms with Gasteiger partial charge in [-0.25, -0.2) is 0 Å². The summed E-state index contributed by atoms with van der Waals surface area (Å²) in [7, 11) is 2.14. The maximum absolute atomic E-state index is 10.3. The minimum Gasteiger partial charge on any atom is -0.392 e. The number of rotatable bonds is 5. The van der Waals surface area contributed by atoms with Crippen molar-refractivity contribution in [2.45, 2.75) is 39.2 Å². The van der Waals surface area contributed by atoms with Gasteiger partial charge in [0.05, 0.1) is 6.10 Å². The summed E-state index contributed by atoms with van der Waals surface area (Å²) < 4.78 is 0. The predicted molar refractivity (Wildman–Crippen MR) is 77.9 cm³/mol. The van der Waals surface area contributed by atoms with E-state index in [-0.39, 0.29) is 11.5 Å². The van der Waals surface area contributed by atoms with E-state index < -0.39 is 0 Å². The second kappa shape index (κ2) is 6.02. The summed E-state index contributed by atoms with van der Waals surface area (Å²) in [5.74, 6) is 0.420. The third kappa shape index (κ3) is 3.77. The Labute approximate surface area is 116 Å². The van der Waals surface area contributed by atoms with Crippen molar-refractivity contribution in [3.8, 4) is 0 Å². The van der Waals surface area contributed by atoms with Crippen LogP contribution in [0.4, 0.5) is 0 Å². The third-order valence-corrected chi connectivity index (χ3v) is 4.43. The third-order valence-electron chi connectivity index (χ3n) is 4.43. The summed E-state index contributed by atoms with van der Waals surface area (Å²) in [6.07, 6.45) is 4.93. The van der Waals surface area contributed by atoms with Gasteiger partial charge in [-0.3, -0.25) is 4.98 Å². The number of likely N-dealkylation sites (N-methyl/N-ethyl adjacent to an activating group) is 1. The molecule has 1 N–H and O–H groups in total. The van der Waals surface area contributed by atoms with Gasteiger partial charge in [0.25, 0.3) is 0 Å². The molecule has 106 valence electrons. The molecule has 0 amide bonds.